The Morgan fingerprint density at radius 2 is 2.19 bits per heavy atom. The molecule has 1 rings (SSSR count). The maximum Gasteiger partial charge on any atom is 0.254 e. The van der Waals surface area contributed by atoms with Gasteiger partial charge in [0.1, 0.15) is 0 Å². The number of nitrogens with zero attached hydrogens (tertiary/aromatic N) is 1. The van der Waals surface area contributed by atoms with E-state index in [4.69, 9.17) is 9.84 Å². The lowest BCUT2D eigenvalue weighted by atomic mass is 10.0. The molecule has 4 heteroatoms. The summed E-state index contributed by atoms with van der Waals surface area (Å²) in [5.74, 6) is 5.78. The number of likely N-dealkylation sites (N-methyl/N-ethyl adjacent to an activating group) is 1. The Kier molecular flexibility index (Phi) is 6.93. The van der Waals surface area contributed by atoms with Crippen LogP contribution in [0, 0.1) is 18.8 Å². The van der Waals surface area contributed by atoms with Gasteiger partial charge in [-0.3, -0.25) is 4.79 Å². The third kappa shape index (κ3) is 4.89. The summed E-state index contributed by atoms with van der Waals surface area (Å²) < 4.78 is 5.09. The van der Waals surface area contributed by atoms with E-state index < -0.39 is 0 Å². The molecule has 0 spiro atoms. The van der Waals surface area contributed by atoms with Crippen molar-refractivity contribution in [1.82, 2.24) is 4.90 Å². The fraction of sp³-hybridized carbons (Fsp3) is 0.471. The number of benzene rings is 1. The lowest BCUT2D eigenvalue weighted by Crippen LogP contribution is -2.38. The van der Waals surface area contributed by atoms with Gasteiger partial charge in [0.2, 0.25) is 0 Å². The van der Waals surface area contributed by atoms with Crippen LogP contribution in [0.15, 0.2) is 18.2 Å². The molecule has 0 saturated heterocycles. The number of methoxy groups -OCH3 is 1. The lowest BCUT2D eigenvalue weighted by molar-refractivity contribution is 0.0633. The van der Waals surface area contributed by atoms with Crippen LogP contribution in [0.1, 0.15) is 34.8 Å². The number of ether oxygens (including phenoxy) is 1. The molecule has 0 saturated carbocycles. The Balaban J connectivity index is 2.98. The van der Waals surface area contributed by atoms with Gasteiger partial charge in [0.25, 0.3) is 5.91 Å². The smallest absolute Gasteiger partial charge is 0.254 e. The lowest BCUT2D eigenvalue weighted by Gasteiger charge is -2.25. The van der Waals surface area contributed by atoms with Gasteiger partial charge in [0.05, 0.1) is 19.3 Å². The maximum atomic E-state index is 12.5. The molecular weight excluding hydrogens is 266 g/mol. The molecule has 1 unspecified atom stereocenters. The highest BCUT2D eigenvalue weighted by atomic mass is 16.5. The molecule has 1 N–H and O–H groups in total. The highest BCUT2D eigenvalue weighted by Crippen LogP contribution is 2.14. The number of aliphatic hydroxyl groups excluding tert-OH is 1. The second-order valence-electron chi connectivity index (χ2n) is 5.03. The van der Waals surface area contributed by atoms with Crippen LogP contribution in [0.25, 0.3) is 0 Å². The van der Waals surface area contributed by atoms with Crippen LogP contribution in [0.4, 0.5) is 0 Å². The van der Waals surface area contributed by atoms with Gasteiger partial charge in [-0.1, -0.05) is 17.9 Å². The first-order valence-electron chi connectivity index (χ1n) is 6.97. The minimum absolute atomic E-state index is 0.00558. The molecule has 1 amide bonds. The van der Waals surface area contributed by atoms with Crippen molar-refractivity contribution in [1.29, 1.82) is 0 Å². The summed E-state index contributed by atoms with van der Waals surface area (Å²) in [7, 11) is 3.40. The Hall–Kier alpha value is -1.83. The molecule has 21 heavy (non-hydrogen) atoms. The van der Waals surface area contributed by atoms with E-state index >= 15 is 0 Å². The number of aliphatic hydroxyl groups is 1. The van der Waals surface area contributed by atoms with Crippen molar-refractivity contribution in [2.45, 2.75) is 26.3 Å². The number of carbonyl (C=O) groups is 1. The highest BCUT2D eigenvalue weighted by Gasteiger charge is 2.19. The summed E-state index contributed by atoms with van der Waals surface area (Å²) >= 11 is 0. The Labute approximate surface area is 126 Å². The fourth-order valence-electron chi connectivity index (χ4n) is 1.89. The molecule has 0 bridgehead atoms. The van der Waals surface area contributed by atoms with Gasteiger partial charge in [-0.05, 0) is 31.5 Å². The van der Waals surface area contributed by atoms with Crippen molar-refractivity contribution in [3.05, 3.63) is 34.9 Å². The third-order valence-electron chi connectivity index (χ3n) is 3.33. The number of hydrogen-bond acceptors (Lipinski definition) is 3. The van der Waals surface area contributed by atoms with Crippen molar-refractivity contribution in [2.24, 2.45) is 0 Å². The molecule has 0 aromatic heterocycles. The number of amides is 1. The SMILES string of the molecule is COCC(C)N(C)C(=O)c1cc(C#CCCO)ccc1C. The molecule has 4 nitrogen and oxygen atoms in total. The quantitative estimate of drug-likeness (QED) is 0.841. The van der Waals surface area contributed by atoms with Crippen molar-refractivity contribution in [3.8, 4) is 11.8 Å². The highest BCUT2D eigenvalue weighted by molar-refractivity contribution is 5.96. The topological polar surface area (TPSA) is 49.8 Å². The summed E-state index contributed by atoms with van der Waals surface area (Å²) in [5.41, 5.74) is 2.35. The molecule has 1 atom stereocenters. The van der Waals surface area contributed by atoms with Gasteiger partial charge < -0.3 is 14.7 Å². The Bertz CT molecular complexity index is 543. The molecule has 0 heterocycles. The number of carbonyl (C=O) groups excluding carboxylic acids is 1. The van der Waals surface area contributed by atoms with Gasteiger partial charge in [0.15, 0.2) is 0 Å². The normalized spacial score (nSPS) is 11.5. The minimum atomic E-state index is -0.0390. The second-order valence-corrected chi connectivity index (χ2v) is 5.03. The molecule has 114 valence electrons. The van der Waals surface area contributed by atoms with Gasteiger partial charge >= 0.3 is 0 Å². The molecular formula is C17H23NO3. The molecule has 0 aliphatic carbocycles. The van der Waals surface area contributed by atoms with Gasteiger partial charge in [-0.25, -0.2) is 0 Å². The Morgan fingerprint density at radius 1 is 1.48 bits per heavy atom. The summed E-state index contributed by atoms with van der Waals surface area (Å²) in [6.45, 7) is 4.40. The molecule has 0 aliphatic rings. The predicted octanol–water partition coefficient (Wildman–Crippen LogP) is 1.84. The predicted molar refractivity (Wildman–Crippen MR) is 83.2 cm³/mol. The van der Waals surface area contributed by atoms with E-state index in [1.165, 1.54) is 0 Å². The van der Waals surface area contributed by atoms with E-state index in [1.807, 2.05) is 26.0 Å². The van der Waals surface area contributed by atoms with E-state index in [9.17, 15) is 4.79 Å². The first-order chi connectivity index (χ1) is 10.0. The van der Waals surface area contributed by atoms with Crippen LogP contribution in [0.3, 0.4) is 0 Å². The van der Waals surface area contributed by atoms with Crippen molar-refractivity contribution >= 4 is 5.91 Å². The van der Waals surface area contributed by atoms with Crippen molar-refractivity contribution < 1.29 is 14.6 Å². The van der Waals surface area contributed by atoms with E-state index in [-0.39, 0.29) is 18.6 Å². The van der Waals surface area contributed by atoms with Crippen molar-refractivity contribution in [2.75, 3.05) is 27.4 Å². The molecule has 1 aromatic carbocycles. The third-order valence-corrected chi connectivity index (χ3v) is 3.33. The first-order valence-corrected chi connectivity index (χ1v) is 6.97. The van der Waals surface area contributed by atoms with Crippen LogP contribution in [-0.2, 0) is 4.74 Å². The van der Waals surface area contributed by atoms with Gasteiger partial charge in [0, 0.05) is 31.7 Å². The minimum Gasteiger partial charge on any atom is -0.395 e. The van der Waals surface area contributed by atoms with Crippen LogP contribution in [-0.4, -0.2) is 49.3 Å². The standard InChI is InChI=1S/C17H23NO3/c1-13-8-9-15(7-5-6-10-19)11-16(13)17(20)18(3)14(2)12-21-4/h8-9,11,14,19H,6,10,12H2,1-4H3. The van der Waals surface area contributed by atoms with Crippen LogP contribution < -0.4 is 0 Å². The Morgan fingerprint density at radius 3 is 2.81 bits per heavy atom. The summed E-state index contributed by atoms with van der Waals surface area (Å²) in [6.07, 6.45) is 0.432. The number of aryl methyl sites for hydroxylation is 1. The second kappa shape index (κ2) is 8.46. The zero-order valence-electron chi connectivity index (χ0n) is 13.1. The summed E-state index contributed by atoms with van der Waals surface area (Å²) in [5, 5.41) is 8.74. The fourth-order valence-corrected chi connectivity index (χ4v) is 1.89. The van der Waals surface area contributed by atoms with E-state index in [0.717, 1.165) is 11.1 Å². The molecule has 1 aromatic rings. The molecule has 0 aliphatic heterocycles. The van der Waals surface area contributed by atoms with Crippen LogP contribution >= 0.6 is 0 Å². The van der Waals surface area contributed by atoms with E-state index in [1.54, 1.807) is 25.1 Å². The van der Waals surface area contributed by atoms with Gasteiger partial charge in [-0.2, -0.15) is 0 Å². The summed E-state index contributed by atoms with van der Waals surface area (Å²) in [4.78, 5) is 14.2. The molecule has 0 fully saturated rings. The zero-order chi connectivity index (χ0) is 15.8. The van der Waals surface area contributed by atoms with Crippen molar-refractivity contribution in [3.63, 3.8) is 0 Å². The number of hydrogen-bond donors (Lipinski definition) is 1. The van der Waals surface area contributed by atoms with E-state index in [2.05, 4.69) is 11.8 Å². The monoisotopic (exact) mass is 289 g/mol. The number of rotatable bonds is 5. The van der Waals surface area contributed by atoms with Gasteiger partial charge in [-0.15, -0.1) is 0 Å². The zero-order valence-corrected chi connectivity index (χ0v) is 13.1. The average molecular weight is 289 g/mol. The largest absolute Gasteiger partial charge is 0.395 e. The summed E-state index contributed by atoms with van der Waals surface area (Å²) in [6, 6.07) is 5.59. The van der Waals surface area contributed by atoms with E-state index in [0.29, 0.717) is 18.6 Å². The maximum absolute atomic E-state index is 12.5. The molecule has 0 radical (unpaired) electrons. The van der Waals surface area contributed by atoms with Crippen LogP contribution in [0.5, 0.6) is 0 Å². The average Bonchev–Trinajstić information content (AvgIpc) is 2.48. The first kappa shape index (κ1) is 17.2. The van der Waals surface area contributed by atoms with Crippen LogP contribution in [0.2, 0.25) is 0 Å².